The lowest BCUT2D eigenvalue weighted by atomic mass is 10.1. The van der Waals surface area contributed by atoms with Gasteiger partial charge in [-0.05, 0) is 31.2 Å². The molecule has 0 radical (unpaired) electrons. The van der Waals surface area contributed by atoms with Gasteiger partial charge in [-0.1, -0.05) is 13.0 Å². The topological polar surface area (TPSA) is 74.7 Å². The normalized spacial score (nSPS) is 10.3. The first-order valence-electron chi connectivity index (χ1n) is 6.37. The number of rotatable bonds is 6. The fourth-order valence-corrected chi connectivity index (χ4v) is 1.69. The molecule has 0 saturated carbocycles. The Kier molecular flexibility index (Phi) is 4.65. The van der Waals surface area contributed by atoms with E-state index in [0.29, 0.717) is 23.8 Å². The summed E-state index contributed by atoms with van der Waals surface area (Å²) in [5.41, 5.74) is 1.36. The summed E-state index contributed by atoms with van der Waals surface area (Å²) in [4.78, 5) is 0. The van der Waals surface area contributed by atoms with E-state index in [9.17, 15) is 0 Å². The number of hydrogen-bond acceptors (Lipinski definition) is 5. The molecule has 0 spiro atoms. The van der Waals surface area contributed by atoms with Crippen LogP contribution in [0.2, 0.25) is 0 Å². The summed E-state index contributed by atoms with van der Waals surface area (Å²) in [5, 5.41) is 20.1. The molecule has 0 unspecified atom stereocenters. The molecule has 1 aromatic carbocycles. The minimum absolute atomic E-state index is 0.461. The summed E-state index contributed by atoms with van der Waals surface area (Å²) in [5.74, 6) is 1.07. The van der Waals surface area contributed by atoms with Crippen molar-refractivity contribution < 1.29 is 4.42 Å². The van der Waals surface area contributed by atoms with Gasteiger partial charge in [0.25, 0.3) is 0 Å². The third kappa shape index (κ3) is 3.63. The maximum Gasteiger partial charge on any atom is 0.247 e. The van der Waals surface area contributed by atoms with E-state index in [0.717, 1.165) is 25.1 Å². The molecule has 0 aliphatic carbocycles. The summed E-state index contributed by atoms with van der Waals surface area (Å²) in [7, 11) is 0. The molecule has 5 heteroatoms. The summed E-state index contributed by atoms with van der Waals surface area (Å²) < 4.78 is 5.58. The zero-order chi connectivity index (χ0) is 13.5. The lowest BCUT2D eigenvalue weighted by molar-refractivity contribution is 0.494. The third-order valence-corrected chi connectivity index (χ3v) is 2.65. The lowest BCUT2D eigenvalue weighted by Crippen LogP contribution is -2.17. The molecule has 5 nitrogen and oxygen atoms in total. The van der Waals surface area contributed by atoms with Crippen LogP contribution in [0.4, 0.5) is 0 Å². The predicted molar refractivity (Wildman–Crippen MR) is 71.3 cm³/mol. The molecule has 1 aromatic heterocycles. The Bertz CT molecular complexity index is 571. The smallest absolute Gasteiger partial charge is 0.247 e. The minimum atomic E-state index is 0.461. The number of aromatic nitrogens is 2. The highest BCUT2D eigenvalue weighted by Crippen LogP contribution is 2.18. The van der Waals surface area contributed by atoms with E-state index in [1.54, 1.807) is 18.2 Å². The Hall–Kier alpha value is -2.19. The van der Waals surface area contributed by atoms with E-state index < -0.39 is 0 Å². The molecule has 0 aliphatic heterocycles. The molecule has 0 atom stereocenters. The van der Waals surface area contributed by atoms with E-state index in [-0.39, 0.29) is 0 Å². The number of nitrogens with one attached hydrogen (secondary N) is 1. The van der Waals surface area contributed by atoms with Crippen molar-refractivity contribution in [1.82, 2.24) is 15.5 Å². The van der Waals surface area contributed by atoms with Crippen LogP contribution in [0.15, 0.2) is 28.7 Å². The molecule has 2 aromatic rings. The fourth-order valence-electron chi connectivity index (χ4n) is 1.69. The van der Waals surface area contributed by atoms with Gasteiger partial charge < -0.3 is 9.73 Å². The average molecular weight is 256 g/mol. The van der Waals surface area contributed by atoms with Gasteiger partial charge in [-0.3, -0.25) is 0 Å². The Morgan fingerprint density at radius 2 is 2.21 bits per heavy atom. The largest absolute Gasteiger partial charge is 0.421 e. The Balaban J connectivity index is 2.02. The first-order valence-corrected chi connectivity index (χ1v) is 6.37. The molecule has 0 fully saturated rings. The molecule has 1 N–H and O–H groups in total. The van der Waals surface area contributed by atoms with Crippen molar-refractivity contribution >= 4 is 0 Å². The molecule has 0 amide bonds. The van der Waals surface area contributed by atoms with E-state index >= 15 is 0 Å². The van der Waals surface area contributed by atoms with Gasteiger partial charge >= 0.3 is 0 Å². The molecule has 19 heavy (non-hydrogen) atoms. The third-order valence-electron chi connectivity index (χ3n) is 2.65. The zero-order valence-electron chi connectivity index (χ0n) is 10.9. The second kappa shape index (κ2) is 6.66. The van der Waals surface area contributed by atoms with Crippen molar-refractivity contribution in [2.45, 2.75) is 19.8 Å². The second-order valence-corrected chi connectivity index (χ2v) is 4.19. The standard InChI is InChI=1S/C14H16N4O/c1-2-7-16-8-6-13-17-18-14(19-13)12-5-3-4-11(9-12)10-15/h3-5,9,16H,2,6-8H2,1H3. The molecule has 0 saturated heterocycles. The highest BCUT2D eigenvalue weighted by Gasteiger charge is 2.08. The lowest BCUT2D eigenvalue weighted by Gasteiger charge is -1.98. The minimum Gasteiger partial charge on any atom is -0.421 e. The summed E-state index contributed by atoms with van der Waals surface area (Å²) >= 11 is 0. The maximum absolute atomic E-state index is 8.86. The first kappa shape index (κ1) is 13.2. The zero-order valence-corrected chi connectivity index (χ0v) is 10.9. The molecule has 2 rings (SSSR count). The molecular formula is C14H16N4O. The predicted octanol–water partition coefficient (Wildman–Crippen LogP) is 2.15. The van der Waals surface area contributed by atoms with Crippen LogP contribution in [-0.2, 0) is 6.42 Å². The molecular weight excluding hydrogens is 240 g/mol. The van der Waals surface area contributed by atoms with E-state index in [4.69, 9.17) is 9.68 Å². The van der Waals surface area contributed by atoms with Crippen LogP contribution < -0.4 is 5.32 Å². The average Bonchev–Trinajstić information content (AvgIpc) is 2.92. The highest BCUT2D eigenvalue weighted by atomic mass is 16.4. The van der Waals surface area contributed by atoms with Crippen molar-refractivity contribution in [2.75, 3.05) is 13.1 Å². The van der Waals surface area contributed by atoms with E-state index in [1.165, 1.54) is 0 Å². The Labute approximate surface area is 112 Å². The van der Waals surface area contributed by atoms with Gasteiger partial charge in [-0.15, -0.1) is 10.2 Å². The van der Waals surface area contributed by atoms with Gasteiger partial charge in [0.15, 0.2) is 0 Å². The van der Waals surface area contributed by atoms with Crippen LogP contribution in [-0.4, -0.2) is 23.3 Å². The van der Waals surface area contributed by atoms with Crippen molar-refractivity contribution in [3.8, 4) is 17.5 Å². The van der Waals surface area contributed by atoms with Crippen LogP contribution >= 0.6 is 0 Å². The van der Waals surface area contributed by atoms with Gasteiger partial charge in [-0.2, -0.15) is 5.26 Å². The van der Waals surface area contributed by atoms with Crippen molar-refractivity contribution in [2.24, 2.45) is 0 Å². The quantitative estimate of drug-likeness (QED) is 0.801. The van der Waals surface area contributed by atoms with Crippen molar-refractivity contribution in [3.63, 3.8) is 0 Å². The van der Waals surface area contributed by atoms with Crippen LogP contribution in [0, 0.1) is 11.3 Å². The van der Waals surface area contributed by atoms with Crippen LogP contribution in [0.1, 0.15) is 24.8 Å². The number of benzene rings is 1. The maximum atomic E-state index is 8.86. The molecule has 0 aliphatic rings. The van der Waals surface area contributed by atoms with E-state index in [1.807, 2.05) is 6.07 Å². The molecule has 98 valence electrons. The molecule has 0 bridgehead atoms. The van der Waals surface area contributed by atoms with Gasteiger partial charge in [0.1, 0.15) is 0 Å². The van der Waals surface area contributed by atoms with Gasteiger partial charge in [-0.25, -0.2) is 0 Å². The van der Waals surface area contributed by atoms with E-state index in [2.05, 4.69) is 28.5 Å². The SMILES string of the molecule is CCCNCCc1nnc(-c2cccc(C#N)c2)o1. The summed E-state index contributed by atoms with van der Waals surface area (Å²) in [6, 6.07) is 9.24. The molecule has 1 heterocycles. The van der Waals surface area contributed by atoms with Crippen LogP contribution in [0.25, 0.3) is 11.5 Å². The number of nitrogens with zero attached hydrogens (tertiary/aromatic N) is 3. The number of nitriles is 1. The first-order chi connectivity index (χ1) is 9.33. The van der Waals surface area contributed by atoms with Crippen LogP contribution in [0.3, 0.4) is 0 Å². The Morgan fingerprint density at radius 1 is 1.32 bits per heavy atom. The monoisotopic (exact) mass is 256 g/mol. The van der Waals surface area contributed by atoms with Gasteiger partial charge in [0.2, 0.25) is 11.8 Å². The highest BCUT2D eigenvalue weighted by molar-refractivity contribution is 5.55. The van der Waals surface area contributed by atoms with Crippen molar-refractivity contribution in [1.29, 1.82) is 5.26 Å². The second-order valence-electron chi connectivity index (χ2n) is 4.19. The van der Waals surface area contributed by atoms with Gasteiger partial charge in [0.05, 0.1) is 11.6 Å². The summed E-state index contributed by atoms with van der Waals surface area (Å²) in [6.07, 6.45) is 1.82. The van der Waals surface area contributed by atoms with Gasteiger partial charge in [0, 0.05) is 18.5 Å². The Morgan fingerprint density at radius 3 is 3.00 bits per heavy atom. The fraction of sp³-hybridized carbons (Fsp3) is 0.357. The number of hydrogen-bond donors (Lipinski definition) is 1. The van der Waals surface area contributed by atoms with Crippen molar-refractivity contribution in [3.05, 3.63) is 35.7 Å². The summed E-state index contributed by atoms with van der Waals surface area (Å²) in [6.45, 7) is 3.94. The van der Waals surface area contributed by atoms with Crippen LogP contribution in [0.5, 0.6) is 0 Å².